The van der Waals surface area contributed by atoms with Gasteiger partial charge in [0.2, 0.25) is 0 Å². The van der Waals surface area contributed by atoms with Crippen LogP contribution in [0.1, 0.15) is 46.0 Å². The Morgan fingerprint density at radius 1 is 1.19 bits per heavy atom. The van der Waals surface area contributed by atoms with Crippen molar-refractivity contribution >= 4 is 17.8 Å². The smallest absolute Gasteiger partial charge is 0.308 e. The second-order valence-electron chi connectivity index (χ2n) is 6.34. The molecule has 0 aromatic heterocycles. The Morgan fingerprint density at radius 3 is 2.62 bits per heavy atom. The van der Waals surface area contributed by atoms with E-state index in [1.807, 2.05) is 0 Å². The molecule has 0 fully saturated rings. The van der Waals surface area contributed by atoms with Gasteiger partial charge in [-0.2, -0.15) is 0 Å². The lowest BCUT2D eigenvalue weighted by molar-refractivity contribution is -0.148. The SMILES string of the molecule is CC(=O)Oc1ccccc1OCC(CC1CCCCC(N)=N1)OC(C)=O. The molecular formula is C19H26N2O5. The predicted octanol–water partition coefficient (Wildman–Crippen LogP) is 2.61. The maximum Gasteiger partial charge on any atom is 0.308 e. The molecule has 7 heteroatoms. The molecule has 1 aliphatic heterocycles. The van der Waals surface area contributed by atoms with Crippen molar-refractivity contribution in [3.05, 3.63) is 24.3 Å². The van der Waals surface area contributed by atoms with Gasteiger partial charge in [0.1, 0.15) is 12.7 Å². The molecule has 2 rings (SSSR count). The summed E-state index contributed by atoms with van der Waals surface area (Å²) in [4.78, 5) is 27.2. The molecule has 1 heterocycles. The van der Waals surface area contributed by atoms with Crippen molar-refractivity contribution in [1.82, 2.24) is 0 Å². The lowest BCUT2D eigenvalue weighted by atomic mass is 10.0. The summed E-state index contributed by atoms with van der Waals surface area (Å²) < 4.78 is 16.3. The minimum atomic E-state index is -0.461. The molecule has 2 unspecified atom stereocenters. The number of carbonyl (C=O) groups excluding carboxylic acids is 2. The second-order valence-corrected chi connectivity index (χ2v) is 6.34. The summed E-state index contributed by atoms with van der Waals surface area (Å²) in [6.45, 7) is 2.83. The summed E-state index contributed by atoms with van der Waals surface area (Å²) in [6, 6.07) is 6.88. The third-order valence-electron chi connectivity index (χ3n) is 3.96. The molecule has 142 valence electrons. The number of para-hydroxylation sites is 2. The van der Waals surface area contributed by atoms with Gasteiger partial charge in [-0.1, -0.05) is 18.6 Å². The zero-order valence-electron chi connectivity index (χ0n) is 15.3. The molecule has 26 heavy (non-hydrogen) atoms. The van der Waals surface area contributed by atoms with Gasteiger partial charge >= 0.3 is 11.9 Å². The van der Waals surface area contributed by atoms with Gasteiger partial charge in [-0.15, -0.1) is 0 Å². The Bertz CT molecular complexity index is 659. The van der Waals surface area contributed by atoms with E-state index in [1.54, 1.807) is 24.3 Å². The van der Waals surface area contributed by atoms with Crippen LogP contribution in [0.25, 0.3) is 0 Å². The number of amidine groups is 1. The molecule has 7 nitrogen and oxygen atoms in total. The van der Waals surface area contributed by atoms with Gasteiger partial charge in [-0.05, 0) is 25.0 Å². The molecule has 0 aliphatic carbocycles. The van der Waals surface area contributed by atoms with Crippen LogP contribution >= 0.6 is 0 Å². The van der Waals surface area contributed by atoms with Gasteiger partial charge < -0.3 is 19.9 Å². The zero-order chi connectivity index (χ0) is 18.9. The number of aliphatic imine (C=N–C) groups is 1. The highest BCUT2D eigenvalue weighted by atomic mass is 16.6. The lowest BCUT2D eigenvalue weighted by Gasteiger charge is -2.21. The van der Waals surface area contributed by atoms with Crippen molar-refractivity contribution in [3.8, 4) is 11.5 Å². The molecule has 0 bridgehead atoms. The van der Waals surface area contributed by atoms with E-state index >= 15 is 0 Å². The van der Waals surface area contributed by atoms with Crippen molar-refractivity contribution in [3.63, 3.8) is 0 Å². The van der Waals surface area contributed by atoms with Crippen molar-refractivity contribution in [2.24, 2.45) is 10.7 Å². The van der Waals surface area contributed by atoms with Crippen molar-refractivity contribution in [2.45, 2.75) is 58.1 Å². The Morgan fingerprint density at radius 2 is 1.92 bits per heavy atom. The van der Waals surface area contributed by atoms with E-state index in [9.17, 15) is 9.59 Å². The first kappa shape index (κ1) is 19.8. The van der Waals surface area contributed by atoms with Crippen LogP contribution in [0.4, 0.5) is 0 Å². The van der Waals surface area contributed by atoms with Gasteiger partial charge in [-0.25, -0.2) is 0 Å². The van der Waals surface area contributed by atoms with Crippen molar-refractivity contribution in [1.29, 1.82) is 0 Å². The van der Waals surface area contributed by atoms with Gasteiger partial charge in [0, 0.05) is 26.7 Å². The number of hydrogen-bond donors (Lipinski definition) is 1. The topological polar surface area (TPSA) is 100 Å². The fourth-order valence-electron chi connectivity index (χ4n) is 2.90. The molecule has 0 saturated heterocycles. The highest BCUT2D eigenvalue weighted by molar-refractivity contribution is 5.80. The fraction of sp³-hybridized carbons (Fsp3) is 0.526. The monoisotopic (exact) mass is 362 g/mol. The van der Waals surface area contributed by atoms with E-state index in [0.717, 1.165) is 25.7 Å². The van der Waals surface area contributed by atoms with Crippen LogP contribution < -0.4 is 15.2 Å². The Labute approximate surface area is 153 Å². The minimum absolute atomic E-state index is 0.00848. The van der Waals surface area contributed by atoms with Crippen LogP contribution in [0, 0.1) is 0 Å². The molecule has 2 atom stereocenters. The summed E-state index contributed by atoms with van der Waals surface area (Å²) in [5, 5.41) is 0. The zero-order valence-corrected chi connectivity index (χ0v) is 15.3. The summed E-state index contributed by atoms with van der Waals surface area (Å²) in [6.07, 6.45) is 3.85. The fourth-order valence-corrected chi connectivity index (χ4v) is 2.90. The van der Waals surface area contributed by atoms with Gasteiger partial charge in [0.05, 0.1) is 11.9 Å². The maximum atomic E-state index is 11.4. The second kappa shape index (κ2) is 9.79. The third kappa shape index (κ3) is 6.74. The molecule has 2 N–H and O–H groups in total. The quantitative estimate of drug-likeness (QED) is 0.591. The average Bonchev–Trinajstić information content (AvgIpc) is 2.76. The molecule has 0 amide bonds. The number of benzene rings is 1. The number of rotatable bonds is 7. The van der Waals surface area contributed by atoms with Crippen LogP contribution in [-0.4, -0.2) is 36.5 Å². The van der Waals surface area contributed by atoms with E-state index in [2.05, 4.69) is 4.99 Å². The first-order valence-corrected chi connectivity index (χ1v) is 8.83. The summed E-state index contributed by atoms with van der Waals surface area (Å²) in [7, 11) is 0. The first-order chi connectivity index (χ1) is 12.4. The summed E-state index contributed by atoms with van der Waals surface area (Å²) in [5.74, 6) is 0.593. The van der Waals surface area contributed by atoms with Crippen LogP contribution in [0.3, 0.4) is 0 Å². The normalized spacial score (nSPS) is 18.2. The average molecular weight is 362 g/mol. The number of esters is 2. The molecule has 1 aromatic rings. The first-order valence-electron chi connectivity index (χ1n) is 8.83. The number of ether oxygens (including phenoxy) is 3. The van der Waals surface area contributed by atoms with Crippen LogP contribution in [0.15, 0.2) is 29.3 Å². The molecule has 1 aromatic carbocycles. The molecular weight excluding hydrogens is 336 g/mol. The standard InChI is InChI=1S/C19H26N2O5/c1-13(22)25-16(11-15-7-3-6-10-19(20)21-15)12-24-17-8-4-5-9-18(17)26-14(2)23/h4-5,8-9,15-16H,3,6-7,10-12H2,1-2H3,(H2,20,21). The number of carbonyl (C=O) groups is 2. The molecule has 0 saturated carbocycles. The van der Waals surface area contributed by atoms with Gasteiger partial charge in [0.25, 0.3) is 0 Å². The van der Waals surface area contributed by atoms with Crippen molar-refractivity contribution in [2.75, 3.05) is 6.61 Å². The van der Waals surface area contributed by atoms with E-state index in [-0.39, 0.29) is 18.6 Å². The Hall–Kier alpha value is -2.57. The van der Waals surface area contributed by atoms with Crippen LogP contribution in [0.2, 0.25) is 0 Å². The highest BCUT2D eigenvalue weighted by Crippen LogP contribution is 2.27. The Balaban J connectivity index is 2.03. The Kier molecular flexibility index (Phi) is 7.44. The minimum Gasteiger partial charge on any atom is -0.486 e. The van der Waals surface area contributed by atoms with Gasteiger partial charge in [0.15, 0.2) is 11.5 Å². The van der Waals surface area contributed by atoms with E-state index < -0.39 is 12.1 Å². The molecule has 1 aliphatic rings. The van der Waals surface area contributed by atoms with Crippen molar-refractivity contribution < 1.29 is 23.8 Å². The number of nitrogens with two attached hydrogens (primary N) is 1. The van der Waals surface area contributed by atoms with E-state index in [1.165, 1.54) is 13.8 Å². The van der Waals surface area contributed by atoms with Crippen LogP contribution in [-0.2, 0) is 14.3 Å². The van der Waals surface area contributed by atoms with E-state index in [4.69, 9.17) is 19.9 Å². The maximum absolute atomic E-state index is 11.4. The van der Waals surface area contributed by atoms with Gasteiger partial charge in [-0.3, -0.25) is 14.6 Å². The predicted molar refractivity (Wildman–Crippen MR) is 97.3 cm³/mol. The molecule has 0 spiro atoms. The lowest BCUT2D eigenvalue weighted by Crippen LogP contribution is -2.29. The molecule has 0 radical (unpaired) electrons. The van der Waals surface area contributed by atoms with Crippen LogP contribution in [0.5, 0.6) is 11.5 Å². The van der Waals surface area contributed by atoms with E-state index in [0.29, 0.717) is 23.8 Å². The summed E-state index contributed by atoms with van der Waals surface area (Å²) >= 11 is 0. The highest BCUT2D eigenvalue weighted by Gasteiger charge is 2.22. The number of hydrogen-bond acceptors (Lipinski definition) is 7. The number of nitrogens with zero attached hydrogens (tertiary/aromatic N) is 1. The summed E-state index contributed by atoms with van der Waals surface area (Å²) in [5.41, 5.74) is 5.90. The largest absolute Gasteiger partial charge is 0.486 e. The third-order valence-corrected chi connectivity index (χ3v) is 3.96.